The second-order valence-corrected chi connectivity index (χ2v) is 12.1. The quantitative estimate of drug-likeness (QED) is 0.172. The van der Waals surface area contributed by atoms with Crippen molar-refractivity contribution >= 4 is 0 Å². The van der Waals surface area contributed by atoms with Gasteiger partial charge in [0.25, 0.3) is 0 Å². The summed E-state index contributed by atoms with van der Waals surface area (Å²) in [7, 11) is 0. The highest BCUT2D eigenvalue weighted by atomic mass is 15.4. The monoisotopic (exact) mass is 567 g/mol. The average Bonchev–Trinajstić information content (AvgIpc) is 3.55. The molecule has 3 heterocycles. The summed E-state index contributed by atoms with van der Waals surface area (Å²) in [4.78, 5) is 12.4. The lowest BCUT2D eigenvalue weighted by Gasteiger charge is -2.56. The molecular weight excluding hydrogens is 526 g/mol. The molecule has 0 aliphatic carbocycles. The molecule has 0 radical (unpaired) electrons. The molecule has 2 fully saturated rings. The second kappa shape index (κ2) is 13.1. The van der Waals surface area contributed by atoms with Crippen molar-refractivity contribution < 1.29 is 0 Å². The van der Waals surface area contributed by atoms with E-state index in [1.54, 1.807) is 0 Å². The van der Waals surface area contributed by atoms with Gasteiger partial charge in [-0.3, -0.25) is 14.7 Å². The molecule has 0 bridgehead atoms. The maximum atomic E-state index is 4.25. The first-order chi connectivity index (χ1) is 21.3. The van der Waals surface area contributed by atoms with Crippen LogP contribution in [0.5, 0.6) is 0 Å². The lowest BCUT2D eigenvalue weighted by atomic mass is 9.89. The van der Waals surface area contributed by atoms with Crippen LogP contribution in [-0.2, 0) is 6.54 Å². The van der Waals surface area contributed by atoms with Crippen molar-refractivity contribution in [3.8, 4) is 0 Å². The Hall–Kier alpha value is -4.03. The van der Waals surface area contributed by atoms with Crippen LogP contribution >= 0.6 is 0 Å². The maximum absolute atomic E-state index is 4.25. The highest BCUT2D eigenvalue weighted by Crippen LogP contribution is 2.37. The number of nitrogens with zero attached hydrogens (tertiary/aromatic N) is 5. The van der Waals surface area contributed by atoms with Crippen molar-refractivity contribution in [1.82, 2.24) is 24.3 Å². The molecule has 0 unspecified atom stereocenters. The number of aryl methyl sites for hydroxylation is 1. The van der Waals surface area contributed by atoms with Gasteiger partial charge in [0.2, 0.25) is 0 Å². The maximum Gasteiger partial charge on any atom is 0.0945 e. The molecule has 0 spiro atoms. The third kappa shape index (κ3) is 6.21. The van der Waals surface area contributed by atoms with E-state index in [9.17, 15) is 0 Å². The Morgan fingerprint density at radius 3 is 1.33 bits per heavy atom. The Morgan fingerprint density at radius 1 is 0.581 bits per heavy atom. The minimum absolute atomic E-state index is 0.296. The molecule has 2 aliphatic rings. The zero-order valence-corrected chi connectivity index (χ0v) is 24.8. The molecule has 1 aromatic heterocycles. The van der Waals surface area contributed by atoms with E-state index in [0.29, 0.717) is 24.2 Å². The summed E-state index contributed by atoms with van der Waals surface area (Å²) in [5.41, 5.74) is 5.51. The molecule has 5 heteroatoms. The lowest BCUT2D eigenvalue weighted by molar-refractivity contribution is -0.0616. The Labute approximate surface area is 256 Å². The molecule has 5 nitrogen and oxygen atoms in total. The van der Waals surface area contributed by atoms with Gasteiger partial charge in [-0.1, -0.05) is 121 Å². The number of aromatic nitrogens is 2. The fourth-order valence-corrected chi connectivity index (χ4v) is 7.10. The highest BCUT2D eigenvalue weighted by molar-refractivity contribution is 5.34. The summed E-state index contributed by atoms with van der Waals surface area (Å²) in [6.07, 6.45) is 7.03. The third-order valence-corrected chi connectivity index (χ3v) is 9.30. The first kappa shape index (κ1) is 27.8. The third-order valence-electron chi connectivity index (χ3n) is 9.30. The minimum Gasteiger partial charge on any atom is -0.337 e. The molecule has 2 saturated heterocycles. The number of imidazole rings is 1. The number of hydrogen-bond donors (Lipinski definition) is 0. The van der Waals surface area contributed by atoms with Crippen molar-refractivity contribution in [1.29, 1.82) is 0 Å². The van der Waals surface area contributed by atoms with Crippen molar-refractivity contribution in [2.45, 2.75) is 37.1 Å². The van der Waals surface area contributed by atoms with E-state index in [-0.39, 0.29) is 0 Å². The lowest BCUT2D eigenvalue weighted by Crippen LogP contribution is -2.69. The van der Waals surface area contributed by atoms with E-state index in [1.807, 2.05) is 12.5 Å². The largest absolute Gasteiger partial charge is 0.337 e. The summed E-state index contributed by atoms with van der Waals surface area (Å²) in [6.45, 7) is 6.50. The van der Waals surface area contributed by atoms with E-state index in [1.165, 1.54) is 22.3 Å². The highest BCUT2D eigenvalue weighted by Gasteiger charge is 2.44. The van der Waals surface area contributed by atoms with Crippen LogP contribution in [0.3, 0.4) is 0 Å². The molecule has 5 aromatic rings. The van der Waals surface area contributed by atoms with Gasteiger partial charge in [0, 0.05) is 63.7 Å². The van der Waals surface area contributed by atoms with Crippen molar-refractivity contribution in [2.75, 3.05) is 32.7 Å². The van der Waals surface area contributed by atoms with E-state index < -0.39 is 0 Å². The normalized spacial score (nSPS) is 16.5. The summed E-state index contributed by atoms with van der Waals surface area (Å²) < 4.78 is 2.21. The Balaban J connectivity index is 1.08. The summed E-state index contributed by atoms with van der Waals surface area (Å²) in [5.74, 6) is 0. The van der Waals surface area contributed by atoms with Gasteiger partial charge < -0.3 is 4.57 Å². The first-order valence-corrected chi connectivity index (χ1v) is 15.7. The van der Waals surface area contributed by atoms with Crippen LogP contribution in [0.1, 0.15) is 40.8 Å². The van der Waals surface area contributed by atoms with Gasteiger partial charge in [0.15, 0.2) is 0 Å². The molecule has 43 heavy (non-hydrogen) atoms. The van der Waals surface area contributed by atoms with Gasteiger partial charge in [-0.05, 0) is 28.7 Å². The zero-order chi connectivity index (χ0) is 28.8. The predicted molar refractivity (Wildman–Crippen MR) is 174 cm³/mol. The topological polar surface area (TPSA) is 27.5 Å². The number of likely N-dealkylation sites (tertiary alicyclic amines) is 2. The minimum atomic E-state index is 0.296. The van der Waals surface area contributed by atoms with Crippen LogP contribution in [0.4, 0.5) is 0 Å². The van der Waals surface area contributed by atoms with Crippen LogP contribution in [-0.4, -0.2) is 69.1 Å². The number of benzene rings is 4. The molecule has 0 saturated carbocycles. The average molecular weight is 568 g/mol. The van der Waals surface area contributed by atoms with Gasteiger partial charge in [-0.2, -0.15) is 0 Å². The van der Waals surface area contributed by atoms with Crippen LogP contribution < -0.4 is 0 Å². The fraction of sp³-hybridized carbons (Fsp3) is 0.289. The van der Waals surface area contributed by atoms with Gasteiger partial charge in [-0.15, -0.1) is 0 Å². The fourth-order valence-electron chi connectivity index (χ4n) is 7.10. The van der Waals surface area contributed by atoms with Crippen LogP contribution in [0.15, 0.2) is 140 Å². The standard InChI is InChI=1S/C38H41N5/c1-5-14-31(15-6-1)37(32-16-7-2-8-17-32)41-26-35(27-41)43(24-13-23-40-25-22-39-30-40)36-28-42(29-36)38(33-18-9-3-10-19-33)34-20-11-4-12-21-34/h1-12,14-22,25,30,35-38H,13,23-24,26-29H2. The molecule has 2 aliphatic heterocycles. The molecule has 4 aromatic carbocycles. The van der Waals surface area contributed by atoms with Gasteiger partial charge >= 0.3 is 0 Å². The van der Waals surface area contributed by atoms with Gasteiger partial charge in [0.1, 0.15) is 0 Å². The number of rotatable bonds is 12. The smallest absolute Gasteiger partial charge is 0.0945 e. The molecule has 218 valence electrons. The van der Waals surface area contributed by atoms with E-state index >= 15 is 0 Å². The second-order valence-electron chi connectivity index (χ2n) is 12.1. The van der Waals surface area contributed by atoms with Crippen LogP contribution in [0.2, 0.25) is 0 Å². The van der Waals surface area contributed by atoms with E-state index in [2.05, 4.69) is 152 Å². The summed E-state index contributed by atoms with van der Waals surface area (Å²) >= 11 is 0. The first-order valence-electron chi connectivity index (χ1n) is 15.7. The zero-order valence-electron chi connectivity index (χ0n) is 24.8. The Morgan fingerprint density at radius 2 is 0.977 bits per heavy atom. The SMILES string of the molecule is c1ccc(C(c2ccccc2)N2CC(N(CCCn3ccnc3)C3CN(C(c4ccccc4)c4ccccc4)C3)C2)cc1. The molecule has 0 atom stereocenters. The summed E-state index contributed by atoms with van der Waals surface area (Å²) in [5, 5.41) is 0. The van der Waals surface area contributed by atoms with E-state index in [0.717, 1.165) is 45.7 Å². The Bertz CT molecular complexity index is 1340. The van der Waals surface area contributed by atoms with Gasteiger partial charge in [-0.25, -0.2) is 4.98 Å². The Kier molecular flexibility index (Phi) is 8.46. The summed E-state index contributed by atoms with van der Waals surface area (Å²) in [6, 6.07) is 45.8. The van der Waals surface area contributed by atoms with Crippen molar-refractivity contribution in [3.63, 3.8) is 0 Å². The van der Waals surface area contributed by atoms with Crippen molar-refractivity contribution in [3.05, 3.63) is 162 Å². The van der Waals surface area contributed by atoms with E-state index in [4.69, 9.17) is 0 Å². The van der Waals surface area contributed by atoms with Crippen LogP contribution in [0, 0.1) is 0 Å². The van der Waals surface area contributed by atoms with Gasteiger partial charge in [0.05, 0.1) is 18.4 Å². The molecule has 0 amide bonds. The molecular formula is C38H41N5. The van der Waals surface area contributed by atoms with Crippen molar-refractivity contribution in [2.24, 2.45) is 0 Å². The predicted octanol–water partition coefficient (Wildman–Crippen LogP) is 6.52. The molecule has 7 rings (SSSR count). The number of hydrogen-bond acceptors (Lipinski definition) is 4. The van der Waals surface area contributed by atoms with Crippen LogP contribution in [0.25, 0.3) is 0 Å². The molecule has 0 N–H and O–H groups in total.